The molecule has 2 N–H and O–H groups in total. The fourth-order valence-corrected chi connectivity index (χ4v) is 2.51. The normalized spacial score (nSPS) is 10.0. The second-order valence-electron chi connectivity index (χ2n) is 5.03. The molecule has 1 aromatic heterocycles. The van der Waals surface area contributed by atoms with Gasteiger partial charge in [0.2, 0.25) is 0 Å². The van der Waals surface area contributed by atoms with Crippen molar-refractivity contribution in [1.82, 2.24) is 4.98 Å². The van der Waals surface area contributed by atoms with Crippen LogP contribution in [0.15, 0.2) is 66.9 Å². The third-order valence-corrected chi connectivity index (χ3v) is 3.62. The molecule has 1 amide bonds. The number of terminal acetylenes is 1. The third-order valence-electron chi connectivity index (χ3n) is 3.62. The first-order chi connectivity index (χ1) is 11.2. The van der Waals surface area contributed by atoms with Crippen LogP contribution >= 0.6 is 0 Å². The summed E-state index contributed by atoms with van der Waals surface area (Å²) < 4.78 is 0. The third kappa shape index (κ3) is 2.83. The second-order valence-corrected chi connectivity index (χ2v) is 5.03. The summed E-state index contributed by atoms with van der Waals surface area (Å²) in [6, 6.07) is 18.9. The zero-order chi connectivity index (χ0) is 16.2. The smallest absolute Gasteiger partial charge is 0.250 e. The summed E-state index contributed by atoms with van der Waals surface area (Å²) in [7, 11) is 0. The van der Waals surface area contributed by atoms with Crippen LogP contribution in [0.4, 0.5) is 0 Å². The predicted octanol–water partition coefficient (Wildman–Crippen LogP) is 3.50. The molecule has 0 fully saturated rings. The van der Waals surface area contributed by atoms with Crippen LogP contribution in [0.3, 0.4) is 0 Å². The molecule has 3 nitrogen and oxygen atoms in total. The number of carbonyl (C=O) groups excluding carboxylic acids is 1. The first-order valence-electron chi connectivity index (χ1n) is 7.12. The van der Waals surface area contributed by atoms with E-state index in [0.717, 1.165) is 22.3 Å². The van der Waals surface area contributed by atoms with Crippen molar-refractivity contribution in [3.8, 4) is 34.7 Å². The average Bonchev–Trinajstić information content (AvgIpc) is 2.62. The van der Waals surface area contributed by atoms with E-state index in [2.05, 4.69) is 10.9 Å². The molecule has 0 aliphatic heterocycles. The maximum absolute atomic E-state index is 11.7. The number of amides is 1. The minimum absolute atomic E-state index is 0.403. The second kappa shape index (κ2) is 6.17. The van der Waals surface area contributed by atoms with Gasteiger partial charge in [-0.15, -0.1) is 6.42 Å². The minimum atomic E-state index is -0.495. The van der Waals surface area contributed by atoms with Gasteiger partial charge in [0.15, 0.2) is 0 Å². The molecule has 0 bridgehead atoms. The van der Waals surface area contributed by atoms with E-state index >= 15 is 0 Å². The molecule has 110 valence electrons. The number of nitrogens with two attached hydrogens (primary N) is 1. The zero-order valence-corrected chi connectivity index (χ0v) is 12.4. The molecule has 1 heterocycles. The number of pyridine rings is 1. The molecule has 0 saturated heterocycles. The van der Waals surface area contributed by atoms with Crippen LogP contribution < -0.4 is 5.73 Å². The summed E-state index contributed by atoms with van der Waals surface area (Å²) in [5.41, 5.74) is 10.1. The molecule has 0 atom stereocenters. The number of hydrogen-bond acceptors (Lipinski definition) is 2. The Kier molecular flexibility index (Phi) is 3.90. The fourth-order valence-electron chi connectivity index (χ4n) is 2.51. The molecule has 2 aromatic carbocycles. The van der Waals surface area contributed by atoms with Gasteiger partial charge in [-0.05, 0) is 35.4 Å². The van der Waals surface area contributed by atoms with Gasteiger partial charge in [0.1, 0.15) is 0 Å². The van der Waals surface area contributed by atoms with Crippen molar-refractivity contribution in [2.24, 2.45) is 5.73 Å². The van der Waals surface area contributed by atoms with E-state index in [-0.39, 0.29) is 0 Å². The number of hydrogen-bond donors (Lipinski definition) is 1. The number of aromatic nitrogens is 1. The van der Waals surface area contributed by atoms with Gasteiger partial charge >= 0.3 is 0 Å². The van der Waals surface area contributed by atoms with Crippen molar-refractivity contribution < 1.29 is 4.79 Å². The predicted molar refractivity (Wildman–Crippen MR) is 91.6 cm³/mol. The van der Waals surface area contributed by atoms with Gasteiger partial charge in [-0.2, -0.15) is 0 Å². The number of carbonyl (C=O) groups is 1. The van der Waals surface area contributed by atoms with Gasteiger partial charge < -0.3 is 5.73 Å². The van der Waals surface area contributed by atoms with E-state index in [0.29, 0.717) is 11.3 Å². The quantitative estimate of drug-likeness (QED) is 0.752. The molecular weight excluding hydrogens is 284 g/mol. The lowest BCUT2D eigenvalue weighted by Crippen LogP contribution is -2.13. The molecule has 23 heavy (non-hydrogen) atoms. The summed E-state index contributed by atoms with van der Waals surface area (Å²) in [5.74, 6) is 2.11. The highest BCUT2D eigenvalue weighted by Crippen LogP contribution is 2.32. The van der Waals surface area contributed by atoms with E-state index in [1.807, 2.05) is 48.5 Å². The van der Waals surface area contributed by atoms with Gasteiger partial charge in [-0.3, -0.25) is 9.78 Å². The lowest BCUT2D eigenvalue weighted by molar-refractivity contribution is 0.100. The molecule has 3 rings (SSSR count). The summed E-state index contributed by atoms with van der Waals surface area (Å²) in [6.45, 7) is 0. The molecule has 0 spiro atoms. The van der Waals surface area contributed by atoms with E-state index < -0.39 is 5.91 Å². The first kappa shape index (κ1) is 14.6. The lowest BCUT2D eigenvalue weighted by Gasteiger charge is -2.11. The van der Waals surface area contributed by atoms with Gasteiger partial charge in [0, 0.05) is 17.3 Å². The number of nitrogens with zero attached hydrogens (tertiary/aromatic N) is 1. The maximum atomic E-state index is 11.7. The lowest BCUT2D eigenvalue weighted by atomic mass is 9.94. The number of benzene rings is 2. The van der Waals surface area contributed by atoms with Crippen LogP contribution in [0, 0.1) is 12.3 Å². The van der Waals surface area contributed by atoms with Crippen LogP contribution in [0.2, 0.25) is 0 Å². The molecule has 0 radical (unpaired) electrons. The van der Waals surface area contributed by atoms with Gasteiger partial charge in [0.05, 0.1) is 11.3 Å². The topological polar surface area (TPSA) is 56.0 Å². The standard InChI is InChI=1S/C20H14N2O/c1-2-14-9-11-15(12-10-14)16-6-3-4-7-17(16)19-18(20(21)23)8-5-13-22-19/h1,3-13H,(H2,21,23). The number of primary amides is 1. The summed E-state index contributed by atoms with van der Waals surface area (Å²) in [5, 5.41) is 0. The highest BCUT2D eigenvalue weighted by molar-refractivity contribution is 6.00. The Morgan fingerprint density at radius 2 is 1.65 bits per heavy atom. The van der Waals surface area contributed by atoms with Crippen molar-refractivity contribution in [2.75, 3.05) is 0 Å². The highest BCUT2D eigenvalue weighted by atomic mass is 16.1. The largest absolute Gasteiger partial charge is 0.366 e. The van der Waals surface area contributed by atoms with Crippen molar-refractivity contribution in [3.63, 3.8) is 0 Å². The van der Waals surface area contributed by atoms with E-state index in [9.17, 15) is 4.79 Å². The first-order valence-corrected chi connectivity index (χ1v) is 7.12. The monoisotopic (exact) mass is 298 g/mol. The van der Waals surface area contributed by atoms with Crippen molar-refractivity contribution >= 4 is 5.91 Å². The Bertz CT molecular complexity index is 905. The van der Waals surface area contributed by atoms with Crippen LogP contribution in [0.5, 0.6) is 0 Å². The van der Waals surface area contributed by atoms with E-state index in [4.69, 9.17) is 12.2 Å². The Morgan fingerprint density at radius 3 is 2.30 bits per heavy atom. The van der Waals surface area contributed by atoms with Crippen LogP contribution in [-0.4, -0.2) is 10.9 Å². The fraction of sp³-hybridized carbons (Fsp3) is 0. The van der Waals surface area contributed by atoms with Crippen molar-refractivity contribution in [1.29, 1.82) is 0 Å². The average molecular weight is 298 g/mol. The number of rotatable bonds is 3. The van der Waals surface area contributed by atoms with Crippen molar-refractivity contribution in [2.45, 2.75) is 0 Å². The van der Waals surface area contributed by atoms with Gasteiger partial charge in [0.25, 0.3) is 5.91 Å². The molecule has 0 aliphatic carbocycles. The van der Waals surface area contributed by atoms with Crippen molar-refractivity contribution in [3.05, 3.63) is 78.0 Å². The Hall–Kier alpha value is -3.38. The molecular formula is C20H14N2O. The van der Waals surface area contributed by atoms with Crippen LogP contribution in [0.1, 0.15) is 15.9 Å². The van der Waals surface area contributed by atoms with Gasteiger partial charge in [-0.25, -0.2) is 0 Å². The maximum Gasteiger partial charge on any atom is 0.250 e. The van der Waals surface area contributed by atoms with Gasteiger partial charge in [-0.1, -0.05) is 42.3 Å². The minimum Gasteiger partial charge on any atom is -0.366 e. The van der Waals surface area contributed by atoms with E-state index in [1.165, 1.54) is 0 Å². The summed E-state index contributed by atoms with van der Waals surface area (Å²) in [6.07, 6.45) is 7.05. The zero-order valence-electron chi connectivity index (χ0n) is 12.4. The van der Waals surface area contributed by atoms with Crippen LogP contribution in [0.25, 0.3) is 22.4 Å². The van der Waals surface area contributed by atoms with E-state index in [1.54, 1.807) is 18.3 Å². The summed E-state index contributed by atoms with van der Waals surface area (Å²) >= 11 is 0. The SMILES string of the molecule is C#Cc1ccc(-c2ccccc2-c2ncccc2C(N)=O)cc1. The van der Waals surface area contributed by atoms with Crippen LogP contribution in [-0.2, 0) is 0 Å². The molecule has 0 aliphatic rings. The molecule has 3 aromatic rings. The Labute approximate surface area is 134 Å². The highest BCUT2D eigenvalue weighted by Gasteiger charge is 2.14. The molecule has 3 heteroatoms. The molecule has 0 saturated carbocycles. The summed E-state index contributed by atoms with van der Waals surface area (Å²) in [4.78, 5) is 16.0. The Morgan fingerprint density at radius 1 is 0.957 bits per heavy atom. The Balaban J connectivity index is 2.19. The molecule has 0 unspecified atom stereocenters.